The molecule has 0 saturated carbocycles. The summed E-state index contributed by atoms with van der Waals surface area (Å²) in [6.45, 7) is 5.06. The van der Waals surface area contributed by atoms with E-state index < -0.39 is 0 Å². The predicted octanol–water partition coefficient (Wildman–Crippen LogP) is 3.15. The van der Waals surface area contributed by atoms with Crippen molar-refractivity contribution in [3.63, 3.8) is 0 Å². The van der Waals surface area contributed by atoms with Gasteiger partial charge < -0.3 is 10.6 Å². The first-order chi connectivity index (χ1) is 7.93. The molecule has 0 aromatic heterocycles. The Hall–Kier alpha value is -1.03. The van der Waals surface area contributed by atoms with Gasteiger partial charge in [0.25, 0.3) is 5.91 Å². The largest absolute Gasteiger partial charge is 0.398 e. The molecule has 1 rings (SSSR count). The molecule has 0 atom stereocenters. The minimum atomic E-state index is 0.00447. The van der Waals surface area contributed by atoms with Crippen LogP contribution in [0.4, 0.5) is 5.69 Å². The van der Waals surface area contributed by atoms with Crippen LogP contribution in [-0.4, -0.2) is 24.4 Å². The summed E-state index contributed by atoms with van der Waals surface area (Å²) in [4.78, 5) is 13.9. The summed E-state index contributed by atoms with van der Waals surface area (Å²) in [7, 11) is 1.82. The summed E-state index contributed by atoms with van der Waals surface area (Å²) < 4.78 is 0.682. The number of nitrogen functional groups attached to an aromatic ring is 1. The lowest BCUT2D eigenvalue weighted by molar-refractivity contribution is 0.0788. The van der Waals surface area contributed by atoms with Gasteiger partial charge in [-0.05, 0) is 40.4 Å². The maximum atomic E-state index is 12.2. The number of carbonyl (C=O) groups is 1. The third kappa shape index (κ3) is 3.73. The van der Waals surface area contributed by atoms with Crippen LogP contribution in [0.15, 0.2) is 22.7 Å². The molecule has 4 heteroatoms. The van der Waals surface area contributed by atoms with Crippen molar-refractivity contribution in [1.29, 1.82) is 0 Å². The Bertz CT molecular complexity index is 404. The Morgan fingerprint density at radius 3 is 2.71 bits per heavy atom. The highest BCUT2D eigenvalue weighted by molar-refractivity contribution is 9.10. The molecule has 1 aromatic rings. The summed E-state index contributed by atoms with van der Waals surface area (Å²) in [6, 6.07) is 5.35. The normalized spacial score (nSPS) is 10.6. The van der Waals surface area contributed by atoms with E-state index in [1.54, 1.807) is 23.1 Å². The molecule has 0 aliphatic heterocycles. The van der Waals surface area contributed by atoms with E-state index in [0.29, 0.717) is 21.6 Å². The molecule has 0 aliphatic rings. The molecule has 1 aromatic carbocycles. The van der Waals surface area contributed by atoms with Crippen molar-refractivity contribution in [1.82, 2.24) is 4.90 Å². The summed E-state index contributed by atoms with van der Waals surface area (Å²) in [5.74, 6) is 0.597. The van der Waals surface area contributed by atoms with Crippen molar-refractivity contribution in [2.24, 2.45) is 5.92 Å². The minimum Gasteiger partial charge on any atom is -0.398 e. The zero-order valence-corrected chi connectivity index (χ0v) is 12.1. The zero-order chi connectivity index (χ0) is 13.0. The number of halogens is 1. The van der Waals surface area contributed by atoms with E-state index >= 15 is 0 Å². The third-order valence-electron chi connectivity index (χ3n) is 2.65. The number of benzene rings is 1. The van der Waals surface area contributed by atoms with Crippen molar-refractivity contribution >= 4 is 27.5 Å². The average molecular weight is 299 g/mol. The van der Waals surface area contributed by atoms with Crippen molar-refractivity contribution in [3.8, 4) is 0 Å². The van der Waals surface area contributed by atoms with E-state index in [2.05, 4.69) is 29.8 Å². The lowest BCUT2D eigenvalue weighted by Crippen LogP contribution is -2.28. The van der Waals surface area contributed by atoms with Crippen molar-refractivity contribution < 1.29 is 4.79 Å². The molecule has 0 aliphatic carbocycles. The molecular formula is C13H19BrN2O. The smallest absolute Gasteiger partial charge is 0.254 e. The maximum absolute atomic E-state index is 12.2. The number of carbonyl (C=O) groups excluding carboxylic acids is 1. The highest BCUT2D eigenvalue weighted by Gasteiger charge is 2.15. The van der Waals surface area contributed by atoms with E-state index in [1.165, 1.54) is 0 Å². The Morgan fingerprint density at radius 1 is 1.47 bits per heavy atom. The fourth-order valence-electron chi connectivity index (χ4n) is 1.47. The van der Waals surface area contributed by atoms with Crippen molar-refractivity contribution in [2.45, 2.75) is 20.3 Å². The lowest BCUT2D eigenvalue weighted by atomic mass is 10.1. The first-order valence-electron chi connectivity index (χ1n) is 5.73. The molecular weight excluding hydrogens is 280 g/mol. The second kappa shape index (κ2) is 6.05. The Morgan fingerprint density at radius 2 is 2.12 bits per heavy atom. The molecule has 3 nitrogen and oxygen atoms in total. The fourth-order valence-corrected chi connectivity index (χ4v) is 1.91. The average Bonchev–Trinajstić information content (AvgIpc) is 2.28. The molecule has 1 amide bonds. The zero-order valence-electron chi connectivity index (χ0n) is 10.5. The van der Waals surface area contributed by atoms with Gasteiger partial charge in [0.2, 0.25) is 0 Å². The van der Waals surface area contributed by atoms with Gasteiger partial charge in [-0.15, -0.1) is 0 Å². The van der Waals surface area contributed by atoms with Crippen LogP contribution in [0.2, 0.25) is 0 Å². The van der Waals surface area contributed by atoms with Crippen LogP contribution in [0.25, 0.3) is 0 Å². The third-order valence-corrected chi connectivity index (χ3v) is 3.53. The van der Waals surface area contributed by atoms with Gasteiger partial charge in [0.15, 0.2) is 0 Å². The van der Waals surface area contributed by atoms with E-state index in [9.17, 15) is 4.79 Å². The number of hydrogen-bond donors (Lipinski definition) is 1. The number of nitrogens with zero attached hydrogens (tertiary/aromatic N) is 1. The minimum absolute atomic E-state index is 0.00447. The van der Waals surface area contributed by atoms with Crippen LogP contribution in [0.3, 0.4) is 0 Å². The molecule has 17 heavy (non-hydrogen) atoms. The molecule has 0 unspecified atom stereocenters. The lowest BCUT2D eigenvalue weighted by Gasteiger charge is -2.19. The standard InChI is InChI=1S/C13H19BrN2O/c1-9(2)7-8-16(3)13(17)10-5-4-6-11(15)12(10)14/h4-6,9H,7-8,15H2,1-3H3. The van der Waals surface area contributed by atoms with E-state index in [-0.39, 0.29) is 5.91 Å². The topological polar surface area (TPSA) is 46.3 Å². The summed E-state index contributed by atoms with van der Waals surface area (Å²) >= 11 is 3.36. The van der Waals surface area contributed by atoms with Gasteiger partial charge in [0.1, 0.15) is 0 Å². The van der Waals surface area contributed by atoms with Gasteiger partial charge in [0, 0.05) is 19.3 Å². The fraction of sp³-hybridized carbons (Fsp3) is 0.462. The summed E-state index contributed by atoms with van der Waals surface area (Å²) in [6.07, 6.45) is 1.00. The second-order valence-corrected chi connectivity index (χ2v) is 5.41. The molecule has 0 spiro atoms. The highest BCUT2D eigenvalue weighted by atomic mass is 79.9. The molecule has 0 saturated heterocycles. The summed E-state index contributed by atoms with van der Waals surface area (Å²) in [5.41, 5.74) is 6.98. The number of nitrogens with two attached hydrogens (primary N) is 1. The quantitative estimate of drug-likeness (QED) is 0.868. The first kappa shape index (κ1) is 14.0. The second-order valence-electron chi connectivity index (χ2n) is 4.62. The van der Waals surface area contributed by atoms with Crippen LogP contribution in [0.1, 0.15) is 30.6 Å². The number of rotatable bonds is 4. The summed E-state index contributed by atoms with van der Waals surface area (Å²) in [5, 5.41) is 0. The monoisotopic (exact) mass is 298 g/mol. The Labute approximate surface area is 111 Å². The molecule has 0 bridgehead atoms. The molecule has 0 fully saturated rings. The van der Waals surface area contributed by atoms with Crippen LogP contribution in [-0.2, 0) is 0 Å². The van der Waals surface area contributed by atoms with Gasteiger partial charge in [-0.25, -0.2) is 0 Å². The molecule has 0 radical (unpaired) electrons. The van der Waals surface area contributed by atoms with Gasteiger partial charge in [-0.1, -0.05) is 19.9 Å². The van der Waals surface area contributed by atoms with E-state index in [4.69, 9.17) is 5.73 Å². The van der Waals surface area contributed by atoms with Crippen LogP contribution < -0.4 is 5.73 Å². The van der Waals surface area contributed by atoms with Crippen LogP contribution in [0, 0.1) is 5.92 Å². The number of amides is 1. The van der Waals surface area contributed by atoms with Gasteiger partial charge in [0.05, 0.1) is 10.0 Å². The van der Waals surface area contributed by atoms with Crippen LogP contribution in [0.5, 0.6) is 0 Å². The van der Waals surface area contributed by atoms with E-state index in [1.807, 2.05) is 7.05 Å². The first-order valence-corrected chi connectivity index (χ1v) is 6.52. The highest BCUT2D eigenvalue weighted by Crippen LogP contribution is 2.24. The molecule has 2 N–H and O–H groups in total. The maximum Gasteiger partial charge on any atom is 0.254 e. The van der Waals surface area contributed by atoms with Gasteiger partial charge in [-0.2, -0.15) is 0 Å². The number of hydrogen-bond acceptors (Lipinski definition) is 2. The van der Waals surface area contributed by atoms with Gasteiger partial charge >= 0.3 is 0 Å². The molecule has 0 heterocycles. The predicted molar refractivity (Wildman–Crippen MR) is 75.0 cm³/mol. The molecule has 94 valence electrons. The Balaban J connectivity index is 2.78. The SMILES string of the molecule is CC(C)CCN(C)C(=O)c1cccc(N)c1Br. The van der Waals surface area contributed by atoms with E-state index in [0.717, 1.165) is 13.0 Å². The van der Waals surface area contributed by atoms with Crippen molar-refractivity contribution in [2.75, 3.05) is 19.3 Å². The van der Waals surface area contributed by atoms with Crippen molar-refractivity contribution in [3.05, 3.63) is 28.2 Å². The van der Waals surface area contributed by atoms with Crippen LogP contribution >= 0.6 is 15.9 Å². The number of anilines is 1. The van der Waals surface area contributed by atoms with Gasteiger partial charge in [-0.3, -0.25) is 4.79 Å². The Kier molecular flexibility index (Phi) is 5.00.